The molecule has 128 valence electrons. The molecule has 0 aromatic heterocycles. The molecule has 0 radical (unpaired) electrons. The van der Waals surface area contributed by atoms with Crippen LogP contribution in [-0.4, -0.2) is 55.4 Å². The molecule has 1 aliphatic carbocycles. The minimum absolute atomic E-state index is 0.252. The van der Waals surface area contributed by atoms with Crippen molar-refractivity contribution in [2.75, 3.05) is 33.4 Å². The van der Waals surface area contributed by atoms with Crippen LogP contribution in [0.15, 0.2) is 24.3 Å². The van der Waals surface area contributed by atoms with Gasteiger partial charge in [-0.1, -0.05) is 6.92 Å². The van der Waals surface area contributed by atoms with Crippen LogP contribution in [0.5, 0.6) is 5.75 Å². The van der Waals surface area contributed by atoms with Crippen molar-refractivity contribution in [2.24, 2.45) is 5.92 Å². The Morgan fingerprint density at radius 3 is 2.61 bits per heavy atom. The first-order valence-electron chi connectivity index (χ1n) is 8.34. The van der Waals surface area contributed by atoms with Crippen LogP contribution in [0.2, 0.25) is 0 Å². The van der Waals surface area contributed by atoms with Crippen molar-refractivity contribution >= 4 is 5.97 Å². The minimum Gasteiger partial charge on any atom is -0.491 e. The molecule has 0 aliphatic heterocycles. The van der Waals surface area contributed by atoms with E-state index < -0.39 is 6.10 Å². The standard InChI is InChI=1S/C18H27NO4/c1-3-10-19(11-14-4-5-14)12-16(20)13-23-17-8-6-15(7-9-17)18(21)22-2/h6-9,14,16,20H,3-5,10-13H2,1-2H3/t16-/m0/s1. The zero-order valence-electron chi connectivity index (χ0n) is 14.0. The number of rotatable bonds is 10. The molecule has 0 unspecified atom stereocenters. The van der Waals surface area contributed by atoms with Gasteiger partial charge < -0.3 is 19.5 Å². The molecular formula is C18H27NO4. The summed E-state index contributed by atoms with van der Waals surface area (Å²) in [6.45, 7) is 5.15. The molecule has 0 saturated heterocycles. The number of carbonyl (C=O) groups excluding carboxylic acids is 1. The fraction of sp³-hybridized carbons (Fsp3) is 0.611. The number of ether oxygens (including phenoxy) is 2. The van der Waals surface area contributed by atoms with Gasteiger partial charge in [0.1, 0.15) is 18.5 Å². The van der Waals surface area contributed by atoms with Crippen LogP contribution in [0.1, 0.15) is 36.5 Å². The van der Waals surface area contributed by atoms with E-state index in [1.807, 2.05) is 0 Å². The SMILES string of the molecule is CCCN(CC1CC1)C[C@H](O)COc1ccc(C(=O)OC)cc1. The lowest BCUT2D eigenvalue weighted by molar-refractivity contribution is 0.0599. The van der Waals surface area contributed by atoms with Crippen molar-refractivity contribution in [2.45, 2.75) is 32.3 Å². The highest BCUT2D eigenvalue weighted by molar-refractivity contribution is 5.89. The molecule has 5 nitrogen and oxygen atoms in total. The van der Waals surface area contributed by atoms with Crippen LogP contribution in [0.4, 0.5) is 0 Å². The molecule has 0 bridgehead atoms. The molecule has 23 heavy (non-hydrogen) atoms. The third-order valence-electron chi connectivity index (χ3n) is 3.94. The summed E-state index contributed by atoms with van der Waals surface area (Å²) in [7, 11) is 1.35. The Morgan fingerprint density at radius 2 is 2.04 bits per heavy atom. The monoisotopic (exact) mass is 321 g/mol. The number of hydrogen-bond donors (Lipinski definition) is 1. The van der Waals surface area contributed by atoms with E-state index in [1.165, 1.54) is 20.0 Å². The molecular weight excluding hydrogens is 294 g/mol. The topological polar surface area (TPSA) is 59.0 Å². The number of aliphatic hydroxyl groups excluding tert-OH is 1. The first-order valence-corrected chi connectivity index (χ1v) is 8.34. The summed E-state index contributed by atoms with van der Waals surface area (Å²) >= 11 is 0. The number of carbonyl (C=O) groups is 1. The second-order valence-corrected chi connectivity index (χ2v) is 6.18. The zero-order chi connectivity index (χ0) is 16.7. The fourth-order valence-corrected chi connectivity index (χ4v) is 2.59. The average molecular weight is 321 g/mol. The van der Waals surface area contributed by atoms with Crippen LogP contribution in [0.25, 0.3) is 0 Å². The maximum Gasteiger partial charge on any atom is 0.337 e. The summed E-state index contributed by atoms with van der Waals surface area (Å²) in [5.74, 6) is 1.09. The summed E-state index contributed by atoms with van der Waals surface area (Å²) in [4.78, 5) is 13.7. The number of aliphatic hydroxyl groups is 1. The highest BCUT2D eigenvalue weighted by atomic mass is 16.5. The smallest absolute Gasteiger partial charge is 0.337 e. The molecule has 1 N–H and O–H groups in total. The highest BCUT2D eigenvalue weighted by Crippen LogP contribution is 2.29. The molecule has 1 aromatic rings. The zero-order valence-corrected chi connectivity index (χ0v) is 14.0. The lowest BCUT2D eigenvalue weighted by atomic mass is 10.2. The lowest BCUT2D eigenvalue weighted by Crippen LogP contribution is -2.37. The van der Waals surface area contributed by atoms with E-state index in [1.54, 1.807) is 24.3 Å². The molecule has 1 atom stereocenters. The predicted octanol–water partition coefficient (Wildman–Crippen LogP) is 2.33. The summed E-state index contributed by atoms with van der Waals surface area (Å²) in [5.41, 5.74) is 0.485. The average Bonchev–Trinajstić information content (AvgIpc) is 3.37. The molecule has 1 aromatic carbocycles. The minimum atomic E-state index is -0.513. The van der Waals surface area contributed by atoms with Crippen molar-refractivity contribution < 1.29 is 19.4 Å². The predicted molar refractivity (Wildman–Crippen MR) is 88.7 cm³/mol. The molecule has 0 amide bonds. The van der Waals surface area contributed by atoms with Gasteiger partial charge in [-0.05, 0) is 56.0 Å². The molecule has 1 aliphatic rings. The normalized spacial score (nSPS) is 15.5. The summed E-state index contributed by atoms with van der Waals surface area (Å²) in [6.07, 6.45) is 3.22. The Morgan fingerprint density at radius 1 is 1.35 bits per heavy atom. The van der Waals surface area contributed by atoms with Crippen LogP contribution >= 0.6 is 0 Å². The molecule has 0 heterocycles. The van der Waals surface area contributed by atoms with Gasteiger partial charge in [-0.15, -0.1) is 0 Å². The second kappa shape index (κ2) is 8.89. The van der Waals surface area contributed by atoms with Gasteiger partial charge in [0.2, 0.25) is 0 Å². The molecule has 1 fully saturated rings. The number of hydrogen-bond acceptors (Lipinski definition) is 5. The summed E-state index contributed by atoms with van der Waals surface area (Å²) < 4.78 is 10.3. The van der Waals surface area contributed by atoms with Gasteiger partial charge in [-0.3, -0.25) is 0 Å². The maximum absolute atomic E-state index is 11.4. The van der Waals surface area contributed by atoms with Crippen molar-refractivity contribution in [3.8, 4) is 5.75 Å². The Balaban J connectivity index is 1.76. The van der Waals surface area contributed by atoms with Gasteiger partial charge in [-0.2, -0.15) is 0 Å². The van der Waals surface area contributed by atoms with Crippen molar-refractivity contribution in [1.29, 1.82) is 0 Å². The van der Waals surface area contributed by atoms with Gasteiger partial charge in [0.25, 0.3) is 0 Å². The lowest BCUT2D eigenvalue weighted by Gasteiger charge is -2.24. The number of esters is 1. The molecule has 0 spiro atoms. The van der Waals surface area contributed by atoms with Gasteiger partial charge in [0.05, 0.1) is 12.7 Å². The second-order valence-electron chi connectivity index (χ2n) is 6.18. The van der Waals surface area contributed by atoms with Crippen LogP contribution in [0.3, 0.4) is 0 Å². The molecule has 5 heteroatoms. The van der Waals surface area contributed by atoms with Gasteiger partial charge in [0.15, 0.2) is 0 Å². The van der Waals surface area contributed by atoms with Gasteiger partial charge >= 0.3 is 5.97 Å². The number of nitrogens with zero attached hydrogens (tertiary/aromatic N) is 1. The molecule has 2 rings (SSSR count). The maximum atomic E-state index is 11.4. The van der Waals surface area contributed by atoms with E-state index >= 15 is 0 Å². The van der Waals surface area contributed by atoms with E-state index in [-0.39, 0.29) is 12.6 Å². The summed E-state index contributed by atoms with van der Waals surface area (Å²) in [5, 5.41) is 10.2. The summed E-state index contributed by atoms with van der Waals surface area (Å²) in [6, 6.07) is 6.74. The Labute approximate surface area is 138 Å². The quantitative estimate of drug-likeness (QED) is 0.670. The van der Waals surface area contributed by atoms with Crippen LogP contribution < -0.4 is 4.74 Å². The third-order valence-corrected chi connectivity index (χ3v) is 3.94. The van der Waals surface area contributed by atoms with E-state index in [9.17, 15) is 9.90 Å². The van der Waals surface area contributed by atoms with E-state index in [2.05, 4.69) is 16.6 Å². The fourth-order valence-electron chi connectivity index (χ4n) is 2.59. The number of benzene rings is 1. The van der Waals surface area contributed by atoms with Crippen molar-refractivity contribution in [3.05, 3.63) is 29.8 Å². The third kappa shape index (κ3) is 6.20. The van der Waals surface area contributed by atoms with E-state index in [4.69, 9.17) is 4.74 Å². The van der Waals surface area contributed by atoms with E-state index in [0.717, 1.165) is 25.4 Å². The van der Waals surface area contributed by atoms with Crippen molar-refractivity contribution in [1.82, 2.24) is 4.90 Å². The Bertz CT molecular complexity index is 484. The number of methoxy groups -OCH3 is 1. The molecule has 1 saturated carbocycles. The Kier molecular flexibility index (Phi) is 6.86. The Hall–Kier alpha value is -1.59. The van der Waals surface area contributed by atoms with Gasteiger partial charge in [0, 0.05) is 13.1 Å². The van der Waals surface area contributed by atoms with Gasteiger partial charge in [-0.25, -0.2) is 4.79 Å². The first kappa shape index (κ1) is 17.8. The van der Waals surface area contributed by atoms with Crippen LogP contribution in [-0.2, 0) is 4.74 Å². The van der Waals surface area contributed by atoms with E-state index in [0.29, 0.717) is 17.9 Å². The highest BCUT2D eigenvalue weighted by Gasteiger charge is 2.25. The van der Waals surface area contributed by atoms with Crippen molar-refractivity contribution in [3.63, 3.8) is 0 Å². The first-order chi connectivity index (χ1) is 11.1. The largest absolute Gasteiger partial charge is 0.491 e. The van der Waals surface area contributed by atoms with Crippen LogP contribution in [0, 0.1) is 5.92 Å².